The molecule has 1 heterocycles. The first-order valence-electron chi connectivity index (χ1n) is 5.85. The normalized spacial score (nSPS) is 11.1. The van der Waals surface area contributed by atoms with Crippen LogP contribution in [-0.4, -0.2) is 24.7 Å². The van der Waals surface area contributed by atoms with E-state index in [0.717, 1.165) is 18.2 Å². The van der Waals surface area contributed by atoms with E-state index < -0.39 is 4.92 Å². The third-order valence-corrected chi connectivity index (χ3v) is 3.00. The van der Waals surface area contributed by atoms with Gasteiger partial charge in [-0.25, -0.2) is 0 Å². The molecule has 110 valence electrons. The molecule has 0 aliphatic rings. The van der Waals surface area contributed by atoms with Gasteiger partial charge in [0.15, 0.2) is 4.77 Å². The number of nitro benzene ring substituents is 1. The van der Waals surface area contributed by atoms with Crippen LogP contribution in [0.4, 0.5) is 17.2 Å². The van der Waals surface area contributed by atoms with Gasteiger partial charge in [-0.2, -0.15) is 0 Å². The van der Waals surface area contributed by atoms with E-state index in [9.17, 15) is 20.3 Å². The second kappa shape index (κ2) is 5.71. The maximum Gasteiger partial charge on any atom is 0.271 e. The lowest BCUT2D eigenvalue weighted by Crippen LogP contribution is -1.91. The van der Waals surface area contributed by atoms with E-state index in [0.29, 0.717) is 6.54 Å². The predicted octanol–water partition coefficient (Wildman–Crippen LogP) is 3.30. The molecule has 0 bridgehead atoms. The van der Waals surface area contributed by atoms with Gasteiger partial charge in [0.2, 0.25) is 11.7 Å². The molecular formula is C11H11N5O4S. The lowest BCUT2D eigenvalue weighted by atomic mass is 10.2. The van der Waals surface area contributed by atoms with Gasteiger partial charge in [-0.05, 0) is 25.2 Å². The Labute approximate surface area is 123 Å². The molecule has 2 aromatic rings. The lowest BCUT2D eigenvalue weighted by molar-refractivity contribution is -0.384. The fraction of sp³-hybridized carbons (Fsp3) is 0.182. The number of hydrogen-bond donors (Lipinski definition) is 3. The van der Waals surface area contributed by atoms with Crippen molar-refractivity contribution < 1.29 is 15.1 Å². The number of non-ortho nitro benzene ring substituents is 1. The summed E-state index contributed by atoms with van der Waals surface area (Å²) in [6.07, 6.45) is 0. The van der Waals surface area contributed by atoms with Crippen molar-refractivity contribution in [1.29, 1.82) is 0 Å². The second-order valence-electron chi connectivity index (χ2n) is 3.98. The molecule has 0 aliphatic carbocycles. The number of imidazole rings is 1. The molecule has 0 spiro atoms. The van der Waals surface area contributed by atoms with Crippen molar-refractivity contribution in [1.82, 2.24) is 9.55 Å². The van der Waals surface area contributed by atoms with Crippen LogP contribution in [0.25, 0.3) is 0 Å². The van der Waals surface area contributed by atoms with Crippen molar-refractivity contribution in [2.75, 3.05) is 0 Å². The van der Waals surface area contributed by atoms with E-state index in [4.69, 9.17) is 12.2 Å². The van der Waals surface area contributed by atoms with E-state index in [1.165, 1.54) is 4.57 Å². The fourth-order valence-corrected chi connectivity index (χ4v) is 1.93. The van der Waals surface area contributed by atoms with Gasteiger partial charge in [0.1, 0.15) is 11.4 Å². The van der Waals surface area contributed by atoms with Gasteiger partial charge < -0.3 is 15.2 Å². The van der Waals surface area contributed by atoms with Gasteiger partial charge in [0, 0.05) is 18.7 Å². The Kier molecular flexibility index (Phi) is 3.98. The minimum atomic E-state index is -0.614. The Balaban J connectivity index is 2.40. The highest BCUT2D eigenvalue weighted by molar-refractivity contribution is 7.71. The zero-order valence-electron chi connectivity index (χ0n) is 10.8. The molecule has 9 nitrogen and oxygen atoms in total. The fourth-order valence-electron chi connectivity index (χ4n) is 1.62. The zero-order chi connectivity index (χ0) is 15.6. The molecule has 0 atom stereocenters. The van der Waals surface area contributed by atoms with Crippen molar-refractivity contribution in [3.8, 4) is 11.6 Å². The Morgan fingerprint density at radius 3 is 2.71 bits per heavy atom. The number of phenolic OH excluding ortho intramolecular Hbond substituents is 1. The van der Waals surface area contributed by atoms with E-state index in [-0.39, 0.29) is 33.6 Å². The molecule has 1 aromatic heterocycles. The number of hydrogen-bond acceptors (Lipinski definition) is 7. The van der Waals surface area contributed by atoms with Crippen LogP contribution in [0.15, 0.2) is 28.4 Å². The molecule has 10 heteroatoms. The number of aromatic hydroxyl groups is 2. The topological polar surface area (TPSA) is 129 Å². The first-order chi connectivity index (χ1) is 9.93. The zero-order valence-corrected chi connectivity index (χ0v) is 11.7. The van der Waals surface area contributed by atoms with Gasteiger partial charge in [-0.15, -0.1) is 10.2 Å². The molecule has 0 fully saturated rings. The molecule has 0 unspecified atom stereocenters. The Bertz CT molecular complexity index is 779. The van der Waals surface area contributed by atoms with Crippen LogP contribution >= 0.6 is 12.2 Å². The summed E-state index contributed by atoms with van der Waals surface area (Å²) in [5.74, 6) is -0.457. The number of aromatic nitrogens is 2. The van der Waals surface area contributed by atoms with E-state index in [2.05, 4.69) is 15.2 Å². The Hall–Kier alpha value is -2.75. The van der Waals surface area contributed by atoms with Crippen molar-refractivity contribution in [2.45, 2.75) is 13.5 Å². The SMILES string of the molecule is CCn1c(O)c(N=Nc2cc([N+](=O)[O-])ccc2O)[nH]c1=S. The number of rotatable bonds is 4. The molecule has 0 saturated carbocycles. The number of nitrogens with zero attached hydrogens (tertiary/aromatic N) is 4. The third kappa shape index (κ3) is 2.89. The minimum absolute atomic E-state index is 0.00718. The minimum Gasteiger partial charge on any atom is -0.506 e. The van der Waals surface area contributed by atoms with Crippen molar-refractivity contribution in [3.63, 3.8) is 0 Å². The highest BCUT2D eigenvalue weighted by atomic mass is 32.1. The summed E-state index contributed by atoms with van der Waals surface area (Å²) < 4.78 is 1.67. The van der Waals surface area contributed by atoms with Gasteiger partial charge in [0.05, 0.1) is 4.92 Å². The maximum atomic E-state index is 10.7. The molecule has 3 N–H and O–H groups in total. The number of phenols is 1. The standard InChI is InChI=1S/C11H11N5O4S/c1-2-15-10(18)9(12-11(15)21)14-13-7-5-6(16(19)20)3-4-8(7)17/h3-5,17-18H,2H2,1H3,(H,12,21). The first-order valence-corrected chi connectivity index (χ1v) is 6.25. The van der Waals surface area contributed by atoms with Crippen molar-refractivity contribution in [2.24, 2.45) is 10.2 Å². The second-order valence-corrected chi connectivity index (χ2v) is 4.36. The Morgan fingerprint density at radius 1 is 1.43 bits per heavy atom. The third-order valence-electron chi connectivity index (χ3n) is 2.68. The van der Waals surface area contributed by atoms with Crippen LogP contribution in [0.3, 0.4) is 0 Å². The lowest BCUT2D eigenvalue weighted by Gasteiger charge is -1.98. The molecule has 0 aliphatic heterocycles. The molecule has 21 heavy (non-hydrogen) atoms. The number of aromatic amines is 1. The largest absolute Gasteiger partial charge is 0.506 e. The molecule has 1 aromatic carbocycles. The summed E-state index contributed by atoms with van der Waals surface area (Å²) in [5, 5.41) is 37.5. The predicted molar refractivity (Wildman–Crippen MR) is 75.9 cm³/mol. The summed E-state index contributed by atoms with van der Waals surface area (Å²) in [6.45, 7) is 2.23. The number of nitrogens with one attached hydrogen (secondary N) is 1. The van der Waals surface area contributed by atoms with Gasteiger partial charge in [-0.3, -0.25) is 14.7 Å². The molecule has 0 amide bonds. The maximum absolute atomic E-state index is 10.7. The Morgan fingerprint density at radius 2 is 2.14 bits per heavy atom. The van der Waals surface area contributed by atoms with Crippen LogP contribution in [-0.2, 0) is 6.54 Å². The van der Waals surface area contributed by atoms with E-state index in [1.807, 2.05) is 0 Å². The summed E-state index contributed by atoms with van der Waals surface area (Å²) in [6, 6.07) is 3.36. The van der Waals surface area contributed by atoms with Gasteiger partial charge in [-0.1, -0.05) is 0 Å². The quantitative estimate of drug-likeness (QED) is 0.345. The average Bonchev–Trinajstić information content (AvgIpc) is 2.71. The number of nitro groups is 1. The molecule has 0 saturated heterocycles. The molecular weight excluding hydrogens is 298 g/mol. The monoisotopic (exact) mass is 309 g/mol. The van der Waals surface area contributed by atoms with Gasteiger partial charge in [0.25, 0.3) is 5.69 Å². The van der Waals surface area contributed by atoms with Gasteiger partial charge >= 0.3 is 0 Å². The highest BCUT2D eigenvalue weighted by Crippen LogP contribution is 2.33. The summed E-state index contributed by atoms with van der Waals surface area (Å²) in [5.41, 5.74) is -0.322. The van der Waals surface area contributed by atoms with E-state index >= 15 is 0 Å². The van der Waals surface area contributed by atoms with Crippen LogP contribution in [0.5, 0.6) is 11.6 Å². The number of benzene rings is 1. The number of H-pyrrole nitrogens is 1. The summed E-state index contributed by atoms with van der Waals surface area (Å²) in [4.78, 5) is 12.7. The van der Waals surface area contributed by atoms with Crippen molar-refractivity contribution in [3.05, 3.63) is 33.1 Å². The average molecular weight is 309 g/mol. The molecule has 2 rings (SSSR count). The van der Waals surface area contributed by atoms with Crippen LogP contribution < -0.4 is 0 Å². The molecule has 0 radical (unpaired) electrons. The van der Waals surface area contributed by atoms with Crippen LogP contribution in [0.2, 0.25) is 0 Å². The van der Waals surface area contributed by atoms with E-state index in [1.54, 1.807) is 6.92 Å². The van der Waals surface area contributed by atoms with Crippen LogP contribution in [0.1, 0.15) is 6.92 Å². The highest BCUT2D eigenvalue weighted by Gasteiger charge is 2.12. The smallest absolute Gasteiger partial charge is 0.271 e. The van der Waals surface area contributed by atoms with Crippen molar-refractivity contribution >= 4 is 29.4 Å². The summed E-state index contributed by atoms with van der Waals surface area (Å²) in [7, 11) is 0. The van der Waals surface area contributed by atoms with Crippen LogP contribution in [0, 0.1) is 14.9 Å². The summed E-state index contributed by atoms with van der Waals surface area (Å²) >= 11 is 4.98. The number of azo groups is 1. The first kappa shape index (κ1) is 14.7.